The van der Waals surface area contributed by atoms with Gasteiger partial charge in [0, 0.05) is 0 Å². The first-order valence-electron chi connectivity index (χ1n) is 8.04. The second kappa shape index (κ2) is 7.26. The summed E-state index contributed by atoms with van der Waals surface area (Å²) in [7, 11) is -1.29. The lowest BCUT2D eigenvalue weighted by molar-refractivity contribution is 0.811. The third kappa shape index (κ3) is 3.63. The highest BCUT2D eigenvalue weighted by molar-refractivity contribution is 6.83. The van der Waals surface area contributed by atoms with Crippen molar-refractivity contribution in [1.29, 1.82) is 0 Å². The van der Waals surface area contributed by atoms with E-state index in [1.807, 2.05) is 0 Å². The van der Waals surface area contributed by atoms with E-state index < -0.39 is 8.07 Å². The van der Waals surface area contributed by atoms with Gasteiger partial charge >= 0.3 is 0 Å². The Morgan fingerprint density at radius 2 is 1.40 bits per heavy atom. The molecule has 20 heavy (non-hydrogen) atoms. The molecule has 0 fully saturated rings. The number of hydrogen-bond donors (Lipinski definition) is 0. The monoisotopic (exact) mass is 288 g/mol. The van der Waals surface area contributed by atoms with Crippen LogP contribution in [0.4, 0.5) is 0 Å². The summed E-state index contributed by atoms with van der Waals surface area (Å²) in [6.45, 7) is 16.8. The van der Waals surface area contributed by atoms with Gasteiger partial charge in [-0.15, -0.1) is 0 Å². The second-order valence-electron chi connectivity index (χ2n) is 7.04. The van der Waals surface area contributed by atoms with E-state index in [2.05, 4.69) is 84.9 Å². The summed E-state index contributed by atoms with van der Waals surface area (Å²) in [4.78, 5) is 0. The van der Waals surface area contributed by atoms with E-state index in [9.17, 15) is 0 Å². The van der Waals surface area contributed by atoms with Gasteiger partial charge in [0.25, 0.3) is 0 Å². The van der Waals surface area contributed by atoms with Gasteiger partial charge in [-0.3, -0.25) is 0 Å². The molecular weight excluding hydrogens is 256 g/mol. The van der Waals surface area contributed by atoms with Crippen molar-refractivity contribution in [2.24, 2.45) is 0 Å². The standard InChI is InChI=1S/C19H32Si/c1-15(2)20(16(3)4,17(5)6)14-10-13-19-12-9-8-11-18(19)7/h8-13,15-17H,14H2,1-7H3/b13-10+. The topological polar surface area (TPSA) is 0 Å². The Hall–Kier alpha value is -0.823. The molecular formula is C19H32Si. The average molecular weight is 289 g/mol. The summed E-state index contributed by atoms with van der Waals surface area (Å²) in [6.07, 6.45) is 4.79. The molecule has 0 aliphatic rings. The highest BCUT2D eigenvalue weighted by Crippen LogP contribution is 2.44. The van der Waals surface area contributed by atoms with Gasteiger partial charge in [0.1, 0.15) is 0 Å². The van der Waals surface area contributed by atoms with Crippen LogP contribution in [0.1, 0.15) is 52.7 Å². The SMILES string of the molecule is Cc1ccccc1/C=C/C[Si](C(C)C)(C(C)C)C(C)C. The molecule has 112 valence electrons. The summed E-state index contributed by atoms with van der Waals surface area (Å²) in [6, 6.07) is 9.95. The van der Waals surface area contributed by atoms with Crippen molar-refractivity contribution in [1.82, 2.24) is 0 Å². The van der Waals surface area contributed by atoms with Gasteiger partial charge in [0.05, 0.1) is 8.07 Å². The van der Waals surface area contributed by atoms with Crippen LogP contribution in [-0.2, 0) is 0 Å². The molecule has 1 aromatic rings. The molecule has 0 amide bonds. The summed E-state index contributed by atoms with van der Waals surface area (Å²) < 4.78 is 0. The van der Waals surface area contributed by atoms with Gasteiger partial charge < -0.3 is 0 Å². The molecule has 0 heterocycles. The average Bonchev–Trinajstić information content (AvgIpc) is 2.35. The van der Waals surface area contributed by atoms with Crippen LogP contribution in [0, 0.1) is 6.92 Å². The maximum absolute atomic E-state index is 2.45. The predicted molar refractivity (Wildman–Crippen MR) is 96.1 cm³/mol. The van der Waals surface area contributed by atoms with Crippen LogP contribution >= 0.6 is 0 Å². The lowest BCUT2D eigenvalue weighted by Crippen LogP contribution is -2.43. The summed E-state index contributed by atoms with van der Waals surface area (Å²) >= 11 is 0. The van der Waals surface area contributed by atoms with Crippen molar-refractivity contribution in [3.8, 4) is 0 Å². The molecule has 0 unspecified atom stereocenters. The van der Waals surface area contributed by atoms with Crippen molar-refractivity contribution in [3.05, 3.63) is 41.5 Å². The Morgan fingerprint density at radius 1 is 0.900 bits per heavy atom. The van der Waals surface area contributed by atoms with E-state index in [0.29, 0.717) is 0 Å². The lowest BCUT2D eigenvalue weighted by Gasteiger charge is -2.42. The first kappa shape index (κ1) is 17.2. The lowest BCUT2D eigenvalue weighted by atomic mass is 10.1. The van der Waals surface area contributed by atoms with Crippen LogP contribution in [0.25, 0.3) is 6.08 Å². The molecule has 0 bridgehead atoms. The fourth-order valence-electron chi connectivity index (χ4n) is 3.87. The molecule has 0 aliphatic carbocycles. The van der Waals surface area contributed by atoms with E-state index in [1.54, 1.807) is 0 Å². The summed E-state index contributed by atoms with van der Waals surface area (Å²) in [5.74, 6) is 0. The molecule has 0 radical (unpaired) electrons. The van der Waals surface area contributed by atoms with Gasteiger partial charge in [-0.1, -0.05) is 94.6 Å². The predicted octanol–water partition coefficient (Wildman–Crippen LogP) is 6.69. The van der Waals surface area contributed by atoms with Gasteiger partial charge in [0.15, 0.2) is 0 Å². The maximum atomic E-state index is 2.45. The molecule has 0 atom stereocenters. The molecule has 0 nitrogen and oxygen atoms in total. The molecule has 0 aromatic heterocycles. The number of rotatable bonds is 6. The Kier molecular flexibility index (Phi) is 6.26. The smallest absolute Gasteiger partial charge is 0.0650 e. The third-order valence-corrected chi connectivity index (χ3v) is 12.6. The number of allylic oxidation sites excluding steroid dienone is 1. The first-order chi connectivity index (χ1) is 9.32. The van der Waals surface area contributed by atoms with E-state index in [1.165, 1.54) is 17.2 Å². The minimum Gasteiger partial charge on any atom is -0.0866 e. The largest absolute Gasteiger partial charge is 0.0866 e. The quantitative estimate of drug-likeness (QED) is 0.512. The minimum absolute atomic E-state index is 0.837. The van der Waals surface area contributed by atoms with Crippen LogP contribution in [0.2, 0.25) is 22.7 Å². The van der Waals surface area contributed by atoms with Crippen LogP contribution in [-0.4, -0.2) is 8.07 Å². The van der Waals surface area contributed by atoms with Crippen LogP contribution in [0.3, 0.4) is 0 Å². The van der Waals surface area contributed by atoms with Crippen LogP contribution in [0.15, 0.2) is 30.3 Å². The Bertz CT molecular complexity index is 419. The van der Waals surface area contributed by atoms with Gasteiger partial charge in [0.2, 0.25) is 0 Å². The van der Waals surface area contributed by atoms with Crippen molar-refractivity contribution in [3.63, 3.8) is 0 Å². The van der Waals surface area contributed by atoms with Crippen LogP contribution in [0.5, 0.6) is 0 Å². The van der Waals surface area contributed by atoms with E-state index in [-0.39, 0.29) is 0 Å². The maximum Gasteiger partial charge on any atom is 0.0650 e. The van der Waals surface area contributed by atoms with E-state index in [4.69, 9.17) is 0 Å². The van der Waals surface area contributed by atoms with Gasteiger partial charge in [-0.25, -0.2) is 0 Å². The molecule has 1 heteroatoms. The summed E-state index contributed by atoms with van der Waals surface area (Å²) in [5.41, 5.74) is 5.25. The molecule has 0 N–H and O–H groups in total. The fraction of sp³-hybridized carbons (Fsp3) is 0.579. The second-order valence-corrected chi connectivity index (χ2v) is 13.1. The first-order valence-corrected chi connectivity index (χ1v) is 10.5. The van der Waals surface area contributed by atoms with Crippen molar-refractivity contribution < 1.29 is 0 Å². The zero-order chi connectivity index (χ0) is 15.3. The third-order valence-electron chi connectivity index (χ3n) is 5.18. The normalized spacial score (nSPS) is 13.1. The Labute approximate surface area is 127 Å². The van der Waals surface area contributed by atoms with E-state index >= 15 is 0 Å². The van der Waals surface area contributed by atoms with Crippen molar-refractivity contribution >= 4 is 14.1 Å². The number of benzene rings is 1. The highest BCUT2D eigenvalue weighted by Gasteiger charge is 2.41. The Balaban J connectivity index is 2.95. The van der Waals surface area contributed by atoms with E-state index in [0.717, 1.165) is 16.6 Å². The molecule has 0 spiro atoms. The molecule has 1 rings (SSSR count). The van der Waals surface area contributed by atoms with Gasteiger partial charge in [-0.2, -0.15) is 0 Å². The van der Waals surface area contributed by atoms with Crippen molar-refractivity contribution in [2.75, 3.05) is 0 Å². The number of hydrogen-bond acceptors (Lipinski definition) is 0. The molecule has 0 saturated carbocycles. The minimum atomic E-state index is -1.29. The summed E-state index contributed by atoms with van der Waals surface area (Å²) in [5, 5.41) is 0. The van der Waals surface area contributed by atoms with Gasteiger partial charge in [-0.05, 0) is 24.1 Å². The highest BCUT2D eigenvalue weighted by atomic mass is 28.3. The fourth-order valence-corrected chi connectivity index (χ4v) is 9.81. The zero-order valence-electron chi connectivity index (χ0n) is 14.4. The van der Waals surface area contributed by atoms with Crippen LogP contribution < -0.4 is 0 Å². The zero-order valence-corrected chi connectivity index (χ0v) is 15.4. The number of aryl methyl sites for hydroxylation is 1. The molecule has 1 aromatic carbocycles. The molecule has 0 saturated heterocycles. The molecule has 0 aliphatic heterocycles. The Morgan fingerprint density at radius 3 is 1.85 bits per heavy atom. The van der Waals surface area contributed by atoms with Crippen molar-refractivity contribution in [2.45, 2.75) is 71.1 Å².